The zero-order valence-electron chi connectivity index (χ0n) is 9.74. The molecule has 100 valence electrons. The van der Waals surface area contributed by atoms with Crippen LogP contribution < -0.4 is 17.0 Å². The van der Waals surface area contributed by atoms with Crippen LogP contribution in [-0.4, -0.2) is 44.1 Å². The van der Waals surface area contributed by atoms with Gasteiger partial charge in [0, 0.05) is 12.3 Å². The third-order valence-electron chi connectivity index (χ3n) is 3.19. The first-order valence-electron chi connectivity index (χ1n) is 5.43. The number of ether oxygens (including phenoxy) is 1. The first-order chi connectivity index (χ1) is 8.39. The van der Waals surface area contributed by atoms with Gasteiger partial charge in [0.05, 0.1) is 12.6 Å². The molecule has 0 aliphatic carbocycles. The van der Waals surface area contributed by atoms with Crippen LogP contribution in [0, 0.1) is 0 Å². The molecule has 1 aromatic rings. The Morgan fingerprint density at radius 1 is 1.61 bits per heavy atom. The van der Waals surface area contributed by atoms with Crippen LogP contribution in [0.4, 0.5) is 0 Å². The minimum Gasteiger partial charge on any atom is -0.393 e. The monoisotopic (exact) mass is 257 g/mol. The zero-order chi connectivity index (χ0) is 13.5. The molecule has 8 heteroatoms. The predicted octanol–water partition coefficient (Wildman–Crippen LogP) is -2.50. The van der Waals surface area contributed by atoms with Gasteiger partial charge >= 0.3 is 5.69 Å². The third kappa shape index (κ3) is 1.89. The summed E-state index contributed by atoms with van der Waals surface area (Å²) < 4.78 is 6.48. The van der Waals surface area contributed by atoms with E-state index in [1.54, 1.807) is 0 Å². The molecule has 1 fully saturated rings. The van der Waals surface area contributed by atoms with E-state index < -0.39 is 35.2 Å². The fourth-order valence-electron chi connectivity index (χ4n) is 1.95. The number of nitrogens with one attached hydrogen (secondary N) is 1. The van der Waals surface area contributed by atoms with Crippen LogP contribution in [0.25, 0.3) is 0 Å². The molecule has 0 amide bonds. The van der Waals surface area contributed by atoms with Crippen LogP contribution in [0.15, 0.2) is 21.9 Å². The Kier molecular flexibility index (Phi) is 3.11. The van der Waals surface area contributed by atoms with Gasteiger partial charge in [0.1, 0.15) is 11.7 Å². The Balaban J connectivity index is 2.41. The first kappa shape index (κ1) is 13.0. The lowest BCUT2D eigenvalue weighted by molar-refractivity contribution is -0.103. The molecule has 1 aliphatic rings. The standard InChI is InChI=1S/C10H15N3O5/c1-10(4-14)7(11)6(16)8(18-10)13-3-2-5(15)12-9(13)17/h2-3,6-8,14,16H,4,11H2,1H3,(H,12,15,17)/t6-,7+,8-,10-/m1/s1. The van der Waals surface area contributed by atoms with E-state index in [1.807, 2.05) is 0 Å². The molecular weight excluding hydrogens is 242 g/mol. The zero-order valence-corrected chi connectivity index (χ0v) is 9.74. The maximum absolute atomic E-state index is 11.6. The molecule has 4 atom stereocenters. The van der Waals surface area contributed by atoms with Gasteiger partial charge in [-0.2, -0.15) is 0 Å². The highest BCUT2D eigenvalue weighted by Crippen LogP contribution is 2.34. The van der Waals surface area contributed by atoms with E-state index in [2.05, 4.69) is 4.98 Å². The molecule has 1 aromatic heterocycles. The lowest BCUT2D eigenvalue weighted by atomic mass is 9.96. The van der Waals surface area contributed by atoms with Crippen molar-refractivity contribution in [2.24, 2.45) is 5.73 Å². The second-order valence-electron chi connectivity index (χ2n) is 4.51. The van der Waals surface area contributed by atoms with Gasteiger partial charge in [-0.05, 0) is 6.92 Å². The van der Waals surface area contributed by atoms with Crippen LogP contribution in [0.1, 0.15) is 13.2 Å². The Morgan fingerprint density at radius 2 is 2.28 bits per heavy atom. The average Bonchev–Trinajstić information content (AvgIpc) is 2.55. The number of H-pyrrole nitrogens is 1. The molecule has 2 rings (SSSR count). The highest BCUT2D eigenvalue weighted by atomic mass is 16.6. The molecule has 1 aliphatic heterocycles. The van der Waals surface area contributed by atoms with Crippen LogP contribution in [-0.2, 0) is 4.74 Å². The van der Waals surface area contributed by atoms with Crippen molar-refractivity contribution in [3.05, 3.63) is 33.1 Å². The number of aromatic amines is 1. The van der Waals surface area contributed by atoms with E-state index in [0.29, 0.717) is 0 Å². The summed E-state index contributed by atoms with van der Waals surface area (Å²) in [4.78, 5) is 24.6. The van der Waals surface area contributed by atoms with Crippen molar-refractivity contribution in [2.75, 3.05) is 6.61 Å². The highest BCUT2D eigenvalue weighted by Gasteiger charge is 2.50. The number of aliphatic hydroxyl groups excluding tert-OH is 2. The summed E-state index contributed by atoms with van der Waals surface area (Å²) in [6, 6.07) is 0.295. The van der Waals surface area contributed by atoms with Gasteiger partial charge < -0.3 is 20.7 Å². The Labute approximate surface area is 102 Å². The van der Waals surface area contributed by atoms with Crippen molar-refractivity contribution in [2.45, 2.75) is 30.9 Å². The summed E-state index contributed by atoms with van der Waals surface area (Å²) >= 11 is 0. The molecular formula is C10H15N3O5. The van der Waals surface area contributed by atoms with E-state index in [0.717, 1.165) is 10.6 Å². The van der Waals surface area contributed by atoms with Gasteiger partial charge in [0.25, 0.3) is 5.56 Å². The first-order valence-corrected chi connectivity index (χ1v) is 5.43. The summed E-state index contributed by atoms with van der Waals surface area (Å²) in [5, 5.41) is 19.2. The van der Waals surface area contributed by atoms with E-state index in [4.69, 9.17) is 10.5 Å². The van der Waals surface area contributed by atoms with Gasteiger partial charge in [0.15, 0.2) is 6.23 Å². The molecule has 0 radical (unpaired) electrons. The van der Waals surface area contributed by atoms with Crippen LogP contribution in [0.5, 0.6) is 0 Å². The topological polar surface area (TPSA) is 131 Å². The van der Waals surface area contributed by atoms with Gasteiger partial charge in [0.2, 0.25) is 0 Å². The lowest BCUT2D eigenvalue weighted by Gasteiger charge is -2.25. The van der Waals surface area contributed by atoms with Crippen LogP contribution >= 0.6 is 0 Å². The fraction of sp³-hybridized carbons (Fsp3) is 0.600. The minimum absolute atomic E-state index is 0.389. The SMILES string of the molecule is C[C@]1(CO)O[C@@H](n2ccc(=O)[nH]c2=O)[C@H](O)[C@@H]1N. The van der Waals surface area contributed by atoms with Crippen molar-refractivity contribution in [1.82, 2.24) is 9.55 Å². The smallest absolute Gasteiger partial charge is 0.330 e. The molecule has 1 saturated heterocycles. The van der Waals surface area contributed by atoms with E-state index in [9.17, 15) is 19.8 Å². The fourth-order valence-corrected chi connectivity index (χ4v) is 1.95. The summed E-state index contributed by atoms with van der Waals surface area (Å²) in [5.41, 5.74) is 3.36. The number of rotatable bonds is 2. The quantitative estimate of drug-likeness (QED) is 0.463. The maximum Gasteiger partial charge on any atom is 0.330 e. The average molecular weight is 257 g/mol. The van der Waals surface area contributed by atoms with E-state index in [1.165, 1.54) is 13.1 Å². The molecule has 0 saturated carbocycles. The van der Waals surface area contributed by atoms with Crippen molar-refractivity contribution < 1.29 is 14.9 Å². The number of hydrogen-bond donors (Lipinski definition) is 4. The maximum atomic E-state index is 11.6. The number of nitrogens with zero attached hydrogens (tertiary/aromatic N) is 1. The summed E-state index contributed by atoms with van der Waals surface area (Å²) in [6.07, 6.45) is -0.988. The van der Waals surface area contributed by atoms with E-state index in [-0.39, 0.29) is 6.61 Å². The van der Waals surface area contributed by atoms with Gasteiger partial charge in [-0.1, -0.05) is 0 Å². The summed E-state index contributed by atoms with van der Waals surface area (Å²) in [6.45, 7) is 1.15. The number of aromatic nitrogens is 2. The number of aliphatic hydroxyl groups is 2. The normalized spacial score (nSPS) is 35.9. The van der Waals surface area contributed by atoms with Gasteiger partial charge in [-0.25, -0.2) is 4.79 Å². The van der Waals surface area contributed by atoms with Crippen molar-refractivity contribution in [3.63, 3.8) is 0 Å². The Hall–Kier alpha value is -1.48. The number of hydrogen-bond acceptors (Lipinski definition) is 6. The van der Waals surface area contributed by atoms with Crippen molar-refractivity contribution >= 4 is 0 Å². The second kappa shape index (κ2) is 4.32. The summed E-state index contributed by atoms with van der Waals surface area (Å²) in [5.74, 6) is 0. The van der Waals surface area contributed by atoms with E-state index >= 15 is 0 Å². The van der Waals surface area contributed by atoms with Gasteiger partial charge in [-0.15, -0.1) is 0 Å². The highest BCUT2D eigenvalue weighted by molar-refractivity contribution is 5.01. The van der Waals surface area contributed by atoms with Gasteiger partial charge in [-0.3, -0.25) is 14.3 Å². The number of nitrogens with two attached hydrogens (primary N) is 1. The van der Waals surface area contributed by atoms with Crippen molar-refractivity contribution in [1.29, 1.82) is 0 Å². The lowest BCUT2D eigenvalue weighted by Crippen LogP contribution is -2.49. The minimum atomic E-state index is -1.16. The Bertz CT molecular complexity index is 553. The third-order valence-corrected chi connectivity index (χ3v) is 3.19. The molecule has 0 aromatic carbocycles. The summed E-state index contributed by atoms with van der Waals surface area (Å²) in [7, 11) is 0. The largest absolute Gasteiger partial charge is 0.393 e. The molecule has 2 heterocycles. The van der Waals surface area contributed by atoms with Crippen molar-refractivity contribution in [3.8, 4) is 0 Å². The van der Waals surface area contributed by atoms with Crippen LogP contribution in [0.3, 0.4) is 0 Å². The molecule has 18 heavy (non-hydrogen) atoms. The van der Waals surface area contributed by atoms with Crippen LogP contribution in [0.2, 0.25) is 0 Å². The second-order valence-corrected chi connectivity index (χ2v) is 4.51. The molecule has 0 bridgehead atoms. The molecule has 8 nitrogen and oxygen atoms in total. The Morgan fingerprint density at radius 3 is 2.78 bits per heavy atom. The predicted molar refractivity (Wildman–Crippen MR) is 60.9 cm³/mol. The molecule has 0 unspecified atom stereocenters. The molecule has 5 N–H and O–H groups in total. The molecule has 0 spiro atoms.